The van der Waals surface area contributed by atoms with Crippen molar-refractivity contribution in [1.29, 1.82) is 0 Å². The Hall–Kier alpha value is -2.20. The van der Waals surface area contributed by atoms with Crippen molar-refractivity contribution >= 4 is 28.6 Å². The fourth-order valence-corrected chi connectivity index (χ4v) is 2.83. The predicted octanol–water partition coefficient (Wildman–Crippen LogP) is 4.59. The number of aromatic hydroxyl groups is 1. The third-order valence-electron chi connectivity index (χ3n) is 3.77. The highest BCUT2D eigenvalue weighted by Gasteiger charge is 2.15. The molecule has 3 rings (SSSR count). The molecule has 2 N–H and O–H groups in total. The number of phenols is 1. The van der Waals surface area contributed by atoms with Crippen molar-refractivity contribution < 1.29 is 5.11 Å². The first-order valence-electron chi connectivity index (χ1n) is 7.30. The number of nitrogens with one attached hydrogen (secondary N) is 1. The Morgan fingerprint density at radius 2 is 2.05 bits per heavy atom. The maximum atomic E-state index is 10.0. The molecule has 0 fully saturated rings. The average Bonchev–Trinajstić information content (AvgIpc) is 2.86. The Balaban J connectivity index is 1.97. The van der Waals surface area contributed by atoms with E-state index >= 15 is 0 Å². The minimum atomic E-state index is -0.110. The molecule has 0 spiro atoms. The first-order valence-corrected chi connectivity index (χ1v) is 7.68. The summed E-state index contributed by atoms with van der Waals surface area (Å²) in [7, 11) is 0. The van der Waals surface area contributed by atoms with Crippen LogP contribution in [-0.4, -0.2) is 14.7 Å². The van der Waals surface area contributed by atoms with Crippen LogP contribution in [0, 0.1) is 0 Å². The smallest absolute Gasteiger partial charge is 0.204 e. The second-order valence-corrected chi connectivity index (χ2v) is 5.67. The van der Waals surface area contributed by atoms with Crippen molar-refractivity contribution in [2.45, 2.75) is 26.4 Å². The molecular weight excluding hydrogens is 298 g/mol. The molecule has 5 heteroatoms. The number of benzene rings is 2. The normalized spacial score (nSPS) is 12.5. The molecule has 0 aliphatic rings. The number of hydrogen-bond donors (Lipinski definition) is 2. The number of aromatic nitrogens is 2. The number of nitrogens with zero attached hydrogens (tertiary/aromatic N) is 2. The lowest BCUT2D eigenvalue weighted by molar-refractivity contribution is 0.465. The maximum absolute atomic E-state index is 10.0. The highest BCUT2D eigenvalue weighted by atomic mass is 35.5. The number of halogens is 1. The Kier molecular flexibility index (Phi) is 3.94. The zero-order valence-electron chi connectivity index (χ0n) is 12.5. The maximum Gasteiger partial charge on any atom is 0.204 e. The molecule has 0 unspecified atom stereocenters. The summed E-state index contributed by atoms with van der Waals surface area (Å²) in [5, 5.41) is 14.0. The fraction of sp³-hybridized carbons (Fsp3) is 0.235. The largest absolute Gasteiger partial charge is 0.508 e. The Morgan fingerprint density at radius 1 is 1.27 bits per heavy atom. The van der Waals surface area contributed by atoms with E-state index in [1.165, 1.54) is 0 Å². The van der Waals surface area contributed by atoms with E-state index in [1.54, 1.807) is 18.2 Å². The van der Waals surface area contributed by atoms with E-state index in [9.17, 15) is 5.11 Å². The van der Waals surface area contributed by atoms with Gasteiger partial charge in [0.1, 0.15) is 5.75 Å². The van der Waals surface area contributed by atoms with E-state index in [4.69, 9.17) is 11.6 Å². The fourth-order valence-electron chi connectivity index (χ4n) is 2.65. The number of anilines is 1. The summed E-state index contributed by atoms with van der Waals surface area (Å²) in [5.41, 5.74) is 2.80. The average molecular weight is 316 g/mol. The Morgan fingerprint density at radius 3 is 2.82 bits per heavy atom. The molecule has 0 saturated heterocycles. The van der Waals surface area contributed by atoms with Gasteiger partial charge in [-0.2, -0.15) is 0 Å². The topological polar surface area (TPSA) is 50.1 Å². The summed E-state index contributed by atoms with van der Waals surface area (Å²) in [6.07, 6.45) is 0. The number of rotatable bonds is 4. The molecule has 0 bridgehead atoms. The van der Waals surface area contributed by atoms with Gasteiger partial charge in [0.25, 0.3) is 0 Å². The van der Waals surface area contributed by atoms with Gasteiger partial charge in [0.15, 0.2) is 0 Å². The van der Waals surface area contributed by atoms with Gasteiger partial charge in [0, 0.05) is 17.1 Å². The lowest BCUT2D eigenvalue weighted by Gasteiger charge is -2.17. The zero-order valence-corrected chi connectivity index (χ0v) is 13.3. The first kappa shape index (κ1) is 14.7. The van der Waals surface area contributed by atoms with Crippen LogP contribution in [0.3, 0.4) is 0 Å². The van der Waals surface area contributed by atoms with Gasteiger partial charge in [0.2, 0.25) is 5.95 Å². The van der Waals surface area contributed by atoms with Crippen molar-refractivity contribution in [2.75, 3.05) is 5.32 Å². The molecule has 1 aromatic heterocycles. The van der Waals surface area contributed by atoms with Crippen LogP contribution >= 0.6 is 11.6 Å². The van der Waals surface area contributed by atoms with Gasteiger partial charge in [-0.15, -0.1) is 0 Å². The van der Waals surface area contributed by atoms with E-state index < -0.39 is 0 Å². The minimum absolute atomic E-state index is 0.110. The molecule has 3 aromatic rings. The standard InChI is InChI=1S/C17H18ClN3O/c1-3-21-15-7-5-4-6-14(15)20-17(21)19-11(2)13-10-12(18)8-9-16(13)22/h4-11,22H,3H2,1-2H3,(H,19,20)/t11-/m1/s1. The molecule has 0 aliphatic heterocycles. The van der Waals surface area contributed by atoms with E-state index in [0.717, 1.165) is 29.1 Å². The predicted molar refractivity (Wildman–Crippen MR) is 90.6 cm³/mol. The van der Waals surface area contributed by atoms with Gasteiger partial charge in [0.05, 0.1) is 17.1 Å². The quantitative estimate of drug-likeness (QED) is 0.740. The molecule has 0 amide bonds. The molecule has 4 nitrogen and oxygen atoms in total. The highest BCUT2D eigenvalue weighted by molar-refractivity contribution is 6.30. The Bertz CT molecular complexity index is 813. The van der Waals surface area contributed by atoms with Crippen LogP contribution < -0.4 is 5.32 Å². The van der Waals surface area contributed by atoms with Crippen LogP contribution in [0.2, 0.25) is 5.02 Å². The second-order valence-electron chi connectivity index (χ2n) is 5.24. The third-order valence-corrected chi connectivity index (χ3v) is 4.01. The third kappa shape index (κ3) is 2.62. The summed E-state index contributed by atoms with van der Waals surface area (Å²) < 4.78 is 2.12. The van der Waals surface area contributed by atoms with E-state index in [1.807, 2.05) is 25.1 Å². The van der Waals surface area contributed by atoms with Gasteiger partial charge < -0.3 is 15.0 Å². The number of hydrogen-bond acceptors (Lipinski definition) is 3. The number of para-hydroxylation sites is 2. The van der Waals surface area contributed by atoms with E-state index in [0.29, 0.717) is 5.02 Å². The number of imidazole rings is 1. The zero-order chi connectivity index (χ0) is 15.7. The van der Waals surface area contributed by atoms with Crippen molar-refractivity contribution in [2.24, 2.45) is 0 Å². The summed E-state index contributed by atoms with van der Waals surface area (Å²) >= 11 is 6.03. The minimum Gasteiger partial charge on any atom is -0.508 e. The van der Waals surface area contributed by atoms with Crippen LogP contribution in [-0.2, 0) is 6.54 Å². The molecule has 114 valence electrons. The van der Waals surface area contributed by atoms with Crippen LogP contribution in [0.1, 0.15) is 25.5 Å². The lowest BCUT2D eigenvalue weighted by Crippen LogP contribution is -2.11. The molecular formula is C17H18ClN3O. The van der Waals surface area contributed by atoms with Crippen molar-refractivity contribution in [3.63, 3.8) is 0 Å². The van der Waals surface area contributed by atoms with Gasteiger partial charge >= 0.3 is 0 Å². The van der Waals surface area contributed by atoms with Crippen molar-refractivity contribution in [1.82, 2.24) is 9.55 Å². The van der Waals surface area contributed by atoms with Crippen LogP contribution in [0.25, 0.3) is 11.0 Å². The number of aryl methyl sites for hydroxylation is 1. The summed E-state index contributed by atoms with van der Waals surface area (Å²) in [6.45, 7) is 4.88. The number of fused-ring (bicyclic) bond motifs is 1. The van der Waals surface area contributed by atoms with Crippen LogP contribution in [0.4, 0.5) is 5.95 Å². The molecule has 0 aliphatic carbocycles. The summed E-state index contributed by atoms with van der Waals surface area (Å²) in [5.74, 6) is 1.01. The molecule has 0 saturated carbocycles. The van der Waals surface area contributed by atoms with Crippen LogP contribution in [0.5, 0.6) is 5.75 Å². The number of phenolic OH excluding ortho intramolecular Hbond substituents is 1. The lowest BCUT2D eigenvalue weighted by atomic mass is 10.1. The van der Waals surface area contributed by atoms with Crippen molar-refractivity contribution in [3.05, 3.63) is 53.1 Å². The summed E-state index contributed by atoms with van der Waals surface area (Å²) in [4.78, 5) is 4.64. The Labute approximate surface area is 134 Å². The molecule has 0 radical (unpaired) electrons. The molecule has 2 aromatic carbocycles. The van der Waals surface area contributed by atoms with Gasteiger partial charge in [-0.05, 0) is 44.2 Å². The monoisotopic (exact) mass is 315 g/mol. The summed E-state index contributed by atoms with van der Waals surface area (Å²) in [6, 6.07) is 13.0. The second kappa shape index (κ2) is 5.89. The van der Waals surface area contributed by atoms with E-state index in [-0.39, 0.29) is 11.8 Å². The van der Waals surface area contributed by atoms with Gasteiger partial charge in [-0.1, -0.05) is 23.7 Å². The van der Waals surface area contributed by atoms with E-state index in [2.05, 4.69) is 27.9 Å². The van der Waals surface area contributed by atoms with Crippen molar-refractivity contribution in [3.8, 4) is 5.75 Å². The first-order chi connectivity index (χ1) is 10.6. The SMILES string of the molecule is CCn1c(N[C@H](C)c2cc(Cl)ccc2O)nc2ccccc21. The van der Waals surface area contributed by atoms with Gasteiger partial charge in [-0.25, -0.2) is 4.98 Å². The van der Waals surface area contributed by atoms with Crippen LogP contribution in [0.15, 0.2) is 42.5 Å². The highest BCUT2D eigenvalue weighted by Crippen LogP contribution is 2.30. The molecule has 22 heavy (non-hydrogen) atoms. The van der Waals surface area contributed by atoms with Gasteiger partial charge in [-0.3, -0.25) is 0 Å². The molecule has 1 heterocycles. The molecule has 1 atom stereocenters.